The first kappa shape index (κ1) is 11.7. The van der Waals surface area contributed by atoms with Gasteiger partial charge in [0.15, 0.2) is 0 Å². The van der Waals surface area contributed by atoms with Crippen molar-refractivity contribution in [3.05, 3.63) is 42.7 Å². The fourth-order valence-electron chi connectivity index (χ4n) is 2.37. The number of fused-ring (bicyclic) bond motifs is 1. The zero-order valence-electron chi connectivity index (χ0n) is 11.0. The number of rotatable bonds is 2. The third kappa shape index (κ3) is 1.85. The lowest BCUT2D eigenvalue weighted by Gasteiger charge is -2.13. The van der Waals surface area contributed by atoms with E-state index in [1.54, 1.807) is 12.4 Å². The molecule has 19 heavy (non-hydrogen) atoms. The van der Waals surface area contributed by atoms with Crippen LogP contribution in [-0.2, 0) is 0 Å². The van der Waals surface area contributed by atoms with Gasteiger partial charge in [-0.1, -0.05) is 12.1 Å². The van der Waals surface area contributed by atoms with Crippen LogP contribution in [-0.4, -0.2) is 14.5 Å². The molecule has 0 aliphatic rings. The molecule has 3 aromatic rings. The number of benzene rings is 1. The minimum atomic E-state index is 0.315. The number of nitrogens with two attached hydrogens (primary N) is 1. The van der Waals surface area contributed by atoms with Crippen LogP contribution in [0.25, 0.3) is 22.4 Å². The van der Waals surface area contributed by atoms with Crippen molar-refractivity contribution in [3.63, 3.8) is 0 Å². The van der Waals surface area contributed by atoms with Crippen LogP contribution in [0.1, 0.15) is 19.9 Å². The van der Waals surface area contributed by atoms with E-state index in [1.165, 1.54) is 0 Å². The fourth-order valence-corrected chi connectivity index (χ4v) is 2.37. The van der Waals surface area contributed by atoms with Crippen molar-refractivity contribution in [2.45, 2.75) is 19.9 Å². The molecule has 2 aromatic heterocycles. The number of hydrogen-bond acceptors (Lipinski definition) is 3. The highest BCUT2D eigenvalue weighted by Crippen LogP contribution is 2.30. The molecule has 2 heterocycles. The highest BCUT2D eigenvalue weighted by Gasteiger charge is 2.16. The highest BCUT2D eigenvalue weighted by atomic mass is 15.1. The average Bonchev–Trinajstić information content (AvgIpc) is 2.78. The van der Waals surface area contributed by atoms with Crippen molar-refractivity contribution in [1.82, 2.24) is 14.5 Å². The second kappa shape index (κ2) is 4.39. The summed E-state index contributed by atoms with van der Waals surface area (Å²) in [6.07, 6.45) is 3.41. The van der Waals surface area contributed by atoms with Gasteiger partial charge in [-0.15, -0.1) is 0 Å². The number of para-hydroxylation sites is 2. The van der Waals surface area contributed by atoms with E-state index in [0.29, 0.717) is 11.7 Å². The van der Waals surface area contributed by atoms with Crippen molar-refractivity contribution in [2.75, 3.05) is 5.73 Å². The van der Waals surface area contributed by atoms with E-state index in [4.69, 9.17) is 10.7 Å². The lowest BCUT2D eigenvalue weighted by Crippen LogP contribution is -2.04. The molecule has 0 aliphatic carbocycles. The van der Waals surface area contributed by atoms with Crippen molar-refractivity contribution in [1.29, 1.82) is 0 Å². The zero-order valence-corrected chi connectivity index (χ0v) is 11.0. The monoisotopic (exact) mass is 252 g/mol. The summed E-state index contributed by atoms with van der Waals surface area (Å²) in [6.45, 7) is 4.30. The maximum absolute atomic E-state index is 6.03. The Hall–Kier alpha value is -2.36. The second-order valence-electron chi connectivity index (χ2n) is 4.85. The van der Waals surface area contributed by atoms with Crippen LogP contribution in [0.15, 0.2) is 42.7 Å². The van der Waals surface area contributed by atoms with Crippen LogP contribution >= 0.6 is 0 Å². The van der Waals surface area contributed by atoms with E-state index >= 15 is 0 Å². The maximum Gasteiger partial charge on any atom is 0.143 e. The van der Waals surface area contributed by atoms with E-state index in [1.807, 2.05) is 24.3 Å². The van der Waals surface area contributed by atoms with Crippen molar-refractivity contribution < 1.29 is 0 Å². The number of nitrogens with zero attached hydrogens (tertiary/aromatic N) is 3. The third-order valence-electron chi connectivity index (χ3n) is 3.21. The molecule has 0 radical (unpaired) electrons. The molecule has 1 aromatic carbocycles. The van der Waals surface area contributed by atoms with Gasteiger partial charge in [0, 0.05) is 17.8 Å². The van der Waals surface area contributed by atoms with Crippen LogP contribution < -0.4 is 5.73 Å². The van der Waals surface area contributed by atoms with Gasteiger partial charge >= 0.3 is 0 Å². The van der Waals surface area contributed by atoms with E-state index in [2.05, 4.69) is 29.5 Å². The minimum Gasteiger partial charge on any atom is -0.397 e. The first-order valence-corrected chi connectivity index (χ1v) is 6.35. The molecule has 0 aliphatic heterocycles. The summed E-state index contributed by atoms with van der Waals surface area (Å²) in [5.41, 5.74) is 9.73. The Kier molecular flexibility index (Phi) is 2.71. The Balaban J connectivity index is 2.35. The Morgan fingerprint density at radius 1 is 1.16 bits per heavy atom. The summed E-state index contributed by atoms with van der Waals surface area (Å²) in [7, 11) is 0. The predicted octanol–water partition coefficient (Wildman–Crippen LogP) is 3.26. The minimum absolute atomic E-state index is 0.315. The molecule has 0 spiro atoms. The predicted molar refractivity (Wildman–Crippen MR) is 77.8 cm³/mol. The molecule has 3 rings (SSSR count). The van der Waals surface area contributed by atoms with Gasteiger partial charge in [0.25, 0.3) is 0 Å². The fraction of sp³-hybridized carbons (Fsp3) is 0.200. The topological polar surface area (TPSA) is 56.7 Å². The normalized spacial score (nSPS) is 11.3. The summed E-state index contributed by atoms with van der Waals surface area (Å²) in [5.74, 6) is 0.899. The molecule has 0 unspecified atom stereocenters. The van der Waals surface area contributed by atoms with Gasteiger partial charge in [-0.3, -0.25) is 4.98 Å². The first-order valence-electron chi connectivity index (χ1n) is 6.35. The molecule has 0 saturated heterocycles. The molecule has 0 bridgehead atoms. The zero-order chi connectivity index (χ0) is 13.4. The molecule has 0 fully saturated rings. The van der Waals surface area contributed by atoms with E-state index in [9.17, 15) is 0 Å². The lowest BCUT2D eigenvalue weighted by atomic mass is 10.2. The van der Waals surface area contributed by atoms with E-state index in [-0.39, 0.29) is 0 Å². The summed E-state index contributed by atoms with van der Waals surface area (Å²) in [5, 5.41) is 0. The summed E-state index contributed by atoms with van der Waals surface area (Å²) < 4.78 is 2.21. The average molecular weight is 252 g/mol. The first-order chi connectivity index (χ1) is 9.18. The van der Waals surface area contributed by atoms with Crippen LogP contribution in [0.5, 0.6) is 0 Å². The van der Waals surface area contributed by atoms with Gasteiger partial charge in [0.2, 0.25) is 0 Å². The number of imidazole rings is 1. The quantitative estimate of drug-likeness (QED) is 0.761. The van der Waals surface area contributed by atoms with E-state index < -0.39 is 0 Å². The lowest BCUT2D eigenvalue weighted by molar-refractivity contribution is 0.624. The Morgan fingerprint density at radius 3 is 2.68 bits per heavy atom. The number of nitrogen functional groups attached to an aromatic ring is 1. The molecule has 0 amide bonds. The maximum atomic E-state index is 6.03. The van der Waals surface area contributed by atoms with Crippen molar-refractivity contribution in [3.8, 4) is 11.4 Å². The smallest absolute Gasteiger partial charge is 0.143 e. The van der Waals surface area contributed by atoms with Crippen LogP contribution in [0.3, 0.4) is 0 Å². The number of anilines is 1. The largest absolute Gasteiger partial charge is 0.397 e. The summed E-state index contributed by atoms with van der Waals surface area (Å²) in [4.78, 5) is 8.76. The summed E-state index contributed by atoms with van der Waals surface area (Å²) in [6, 6.07) is 10.4. The van der Waals surface area contributed by atoms with Crippen LogP contribution in [0, 0.1) is 0 Å². The SMILES string of the molecule is CC(C)n1c(-c2ccncc2N)nc2ccccc21. The highest BCUT2D eigenvalue weighted by molar-refractivity contribution is 5.83. The van der Waals surface area contributed by atoms with Crippen molar-refractivity contribution >= 4 is 16.7 Å². The molecule has 96 valence electrons. The second-order valence-corrected chi connectivity index (χ2v) is 4.85. The Morgan fingerprint density at radius 2 is 1.95 bits per heavy atom. The van der Waals surface area contributed by atoms with Gasteiger partial charge < -0.3 is 10.3 Å². The Bertz CT molecular complexity index is 728. The molecule has 4 nitrogen and oxygen atoms in total. The number of hydrogen-bond donors (Lipinski definition) is 1. The van der Waals surface area contributed by atoms with Crippen LogP contribution in [0.2, 0.25) is 0 Å². The van der Waals surface area contributed by atoms with E-state index in [0.717, 1.165) is 22.4 Å². The van der Waals surface area contributed by atoms with Crippen LogP contribution in [0.4, 0.5) is 5.69 Å². The van der Waals surface area contributed by atoms with Gasteiger partial charge in [-0.2, -0.15) is 0 Å². The molecule has 2 N–H and O–H groups in total. The molecule has 0 atom stereocenters. The number of pyridine rings is 1. The van der Waals surface area contributed by atoms with Gasteiger partial charge in [0.05, 0.1) is 22.9 Å². The Labute approximate surface area is 111 Å². The summed E-state index contributed by atoms with van der Waals surface area (Å²) >= 11 is 0. The molecule has 0 saturated carbocycles. The standard InChI is InChI=1S/C15H16N4/c1-10(2)19-14-6-4-3-5-13(14)18-15(19)11-7-8-17-9-12(11)16/h3-10H,16H2,1-2H3. The van der Waals surface area contributed by atoms with Gasteiger partial charge in [-0.25, -0.2) is 4.98 Å². The molecular weight excluding hydrogens is 236 g/mol. The van der Waals surface area contributed by atoms with Crippen molar-refractivity contribution in [2.24, 2.45) is 0 Å². The third-order valence-corrected chi connectivity index (χ3v) is 3.21. The van der Waals surface area contributed by atoms with Gasteiger partial charge in [-0.05, 0) is 32.0 Å². The van der Waals surface area contributed by atoms with Gasteiger partial charge in [0.1, 0.15) is 5.82 Å². The number of aromatic nitrogens is 3. The molecular formula is C15H16N4. The molecule has 4 heteroatoms.